The minimum Gasteiger partial charge on any atom is -0.493 e. The number of ether oxygens (including phenoxy) is 4. The number of carbonyl (C=O) groups is 1. The fraction of sp³-hybridized carbons (Fsp3) is 0.296. The maximum absolute atomic E-state index is 13.7. The Morgan fingerprint density at radius 3 is 1.92 bits per heavy atom. The van der Waals surface area contributed by atoms with Crippen molar-refractivity contribution in [2.75, 3.05) is 39.3 Å². The van der Waals surface area contributed by atoms with Crippen LogP contribution < -0.4 is 28.6 Å². The first-order valence-electron chi connectivity index (χ1n) is 11.5. The van der Waals surface area contributed by atoms with Gasteiger partial charge in [0.25, 0.3) is 10.0 Å². The van der Waals surface area contributed by atoms with Gasteiger partial charge in [-0.15, -0.1) is 0 Å². The third-order valence-corrected chi connectivity index (χ3v) is 7.62. The summed E-state index contributed by atoms with van der Waals surface area (Å²) in [5.74, 6) is 1.37. The van der Waals surface area contributed by atoms with Gasteiger partial charge < -0.3 is 24.3 Å². The first-order chi connectivity index (χ1) is 17.6. The number of hydrogen-bond acceptors (Lipinski definition) is 7. The van der Waals surface area contributed by atoms with Crippen LogP contribution in [0, 0.1) is 6.92 Å². The SMILES string of the molecule is COc1ccc([C@H](C)NC(=O)CN(c2ccc(OC)c(OC)c2)S(=O)(=O)c2ccc(C)cc2)cc1OC. The number of nitrogens with zero attached hydrogens (tertiary/aromatic N) is 1. The van der Waals surface area contributed by atoms with E-state index in [0.29, 0.717) is 23.0 Å². The van der Waals surface area contributed by atoms with Gasteiger partial charge in [0.05, 0.1) is 45.1 Å². The van der Waals surface area contributed by atoms with Gasteiger partial charge in [0.2, 0.25) is 5.91 Å². The van der Waals surface area contributed by atoms with Crippen LogP contribution in [0.5, 0.6) is 23.0 Å². The number of methoxy groups -OCH3 is 4. The number of sulfonamides is 1. The van der Waals surface area contributed by atoms with E-state index < -0.39 is 28.5 Å². The zero-order valence-electron chi connectivity index (χ0n) is 21.8. The van der Waals surface area contributed by atoms with Crippen molar-refractivity contribution in [2.24, 2.45) is 0 Å². The van der Waals surface area contributed by atoms with Gasteiger partial charge in [-0.05, 0) is 55.8 Å². The predicted molar refractivity (Wildman–Crippen MR) is 141 cm³/mol. The molecule has 0 bridgehead atoms. The van der Waals surface area contributed by atoms with Gasteiger partial charge in [0, 0.05) is 6.07 Å². The van der Waals surface area contributed by atoms with Crippen LogP contribution in [0.4, 0.5) is 5.69 Å². The van der Waals surface area contributed by atoms with Crippen molar-refractivity contribution in [3.8, 4) is 23.0 Å². The Labute approximate surface area is 218 Å². The second-order valence-electron chi connectivity index (χ2n) is 8.27. The average Bonchev–Trinajstić information content (AvgIpc) is 2.90. The van der Waals surface area contributed by atoms with Crippen molar-refractivity contribution in [2.45, 2.75) is 24.8 Å². The Hall–Kier alpha value is -3.92. The number of carbonyl (C=O) groups excluding carboxylic acids is 1. The molecular weight excluding hydrogens is 496 g/mol. The van der Waals surface area contributed by atoms with Crippen LogP contribution in [0.1, 0.15) is 24.1 Å². The van der Waals surface area contributed by atoms with Crippen molar-refractivity contribution in [1.82, 2.24) is 5.32 Å². The standard InChI is InChI=1S/C27H32N2O7S/c1-18-7-11-22(12-8-18)37(31,32)29(21-10-14-24(34-4)26(16-21)36-6)17-27(30)28-19(2)20-9-13-23(33-3)25(15-20)35-5/h7-16,19H,17H2,1-6H3,(H,28,30)/t19-/m0/s1. The van der Waals surface area contributed by atoms with Crippen LogP contribution in [0.15, 0.2) is 65.6 Å². The van der Waals surface area contributed by atoms with E-state index in [1.54, 1.807) is 56.5 Å². The fourth-order valence-electron chi connectivity index (χ4n) is 3.76. The molecular formula is C27H32N2O7S. The van der Waals surface area contributed by atoms with Crippen molar-refractivity contribution in [1.29, 1.82) is 0 Å². The molecule has 37 heavy (non-hydrogen) atoms. The first-order valence-corrected chi connectivity index (χ1v) is 12.9. The highest BCUT2D eigenvalue weighted by atomic mass is 32.2. The summed E-state index contributed by atoms with van der Waals surface area (Å²) in [7, 11) is 1.92. The van der Waals surface area contributed by atoms with Crippen molar-refractivity contribution < 1.29 is 32.2 Å². The molecule has 10 heteroatoms. The molecule has 3 aromatic carbocycles. The molecule has 1 N–H and O–H groups in total. The van der Waals surface area contributed by atoms with E-state index in [0.717, 1.165) is 15.4 Å². The molecule has 0 unspecified atom stereocenters. The van der Waals surface area contributed by atoms with Gasteiger partial charge >= 0.3 is 0 Å². The molecule has 1 atom stereocenters. The predicted octanol–water partition coefficient (Wildman–Crippen LogP) is 4.10. The topological polar surface area (TPSA) is 103 Å². The van der Waals surface area contributed by atoms with Gasteiger partial charge in [-0.1, -0.05) is 23.8 Å². The quantitative estimate of drug-likeness (QED) is 0.400. The van der Waals surface area contributed by atoms with Gasteiger partial charge in [0.1, 0.15) is 6.54 Å². The number of nitrogens with one attached hydrogen (secondary N) is 1. The lowest BCUT2D eigenvalue weighted by Crippen LogP contribution is -2.41. The summed E-state index contributed by atoms with van der Waals surface area (Å²) in [6, 6.07) is 16.0. The van der Waals surface area contributed by atoms with Crippen molar-refractivity contribution in [3.63, 3.8) is 0 Å². The molecule has 0 radical (unpaired) electrons. The second-order valence-corrected chi connectivity index (χ2v) is 10.1. The third kappa shape index (κ3) is 6.26. The first kappa shape index (κ1) is 27.7. The maximum atomic E-state index is 13.7. The third-order valence-electron chi connectivity index (χ3n) is 5.84. The summed E-state index contributed by atoms with van der Waals surface area (Å²) < 4.78 is 49.7. The monoisotopic (exact) mass is 528 g/mol. The van der Waals surface area contributed by atoms with Gasteiger partial charge in [-0.3, -0.25) is 9.10 Å². The van der Waals surface area contributed by atoms with Crippen molar-refractivity contribution >= 4 is 21.6 Å². The number of hydrogen-bond donors (Lipinski definition) is 1. The highest BCUT2D eigenvalue weighted by Crippen LogP contribution is 2.34. The average molecular weight is 529 g/mol. The van der Waals surface area contributed by atoms with E-state index in [4.69, 9.17) is 18.9 Å². The summed E-state index contributed by atoms with van der Waals surface area (Å²) in [6.45, 7) is 3.21. The van der Waals surface area contributed by atoms with Gasteiger partial charge in [-0.2, -0.15) is 0 Å². The van der Waals surface area contributed by atoms with Crippen LogP contribution in [0.3, 0.4) is 0 Å². The Kier molecular flexibility index (Phi) is 8.88. The maximum Gasteiger partial charge on any atom is 0.264 e. The molecule has 0 fully saturated rings. The number of anilines is 1. The largest absolute Gasteiger partial charge is 0.493 e. The summed E-state index contributed by atoms with van der Waals surface area (Å²) >= 11 is 0. The molecule has 0 saturated carbocycles. The Bertz CT molecular complexity index is 1340. The molecule has 0 aliphatic rings. The summed E-state index contributed by atoms with van der Waals surface area (Å²) in [5.41, 5.74) is 1.94. The Balaban J connectivity index is 1.94. The van der Waals surface area contributed by atoms with Gasteiger partial charge in [0.15, 0.2) is 23.0 Å². The van der Waals surface area contributed by atoms with E-state index >= 15 is 0 Å². The lowest BCUT2D eigenvalue weighted by Gasteiger charge is -2.26. The smallest absolute Gasteiger partial charge is 0.264 e. The van der Waals surface area contributed by atoms with E-state index in [2.05, 4.69) is 5.32 Å². The molecule has 3 aromatic rings. The van der Waals surface area contributed by atoms with Gasteiger partial charge in [-0.25, -0.2) is 8.42 Å². The van der Waals surface area contributed by atoms with E-state index in [1.165, 1.54) is 39.5 Å². The number of amides is 1. The zero-order valence-corrected chi connectivity index (χ0v) is 22.6. The molecule has 0 aliphatic carbocycles. The molecule has 3 rings (SSSR count). The molecule has 198 valence electrons. The molecule has 0 heterocycles. The second kappa shape index (κ2) is 11.9. The molecule has 1 amide bonds. The Morgan fingerprint density at radius 2 is 1.35 bits per heavy atom. The van der Waals surface area contributed by atoms with Crippen LogP contribution in [-0.4, -0.2) is 49.3 Å². The summed E-state index contributed by atoms with van der Waals surface area (Å²) in [5, 5.41) is 2.87. The fourth-order valence-corrected chi connectivity index (χ4v) is 5.17. The van der Waals surface area contributed by atoms with E-state index in [9.17, 15) is 13.2 Å². The van der Waals surface area contributed by atoms with Crippen LogP contribution in [-0.2, 0) is 14.8 Å². The molecule has 0 aromatic heterocycles. The highest BCUT2D eigenvalue weighted by molar-refractivity contribution is 7.92. The minimum absolute atomic E-state index is 0.0635. The number of aryl methyl sites for hydroxylation is 1. The van der Waals surface area contributed by atoms with Crippen molar-refractivity contribution in [3.05, 3.63) is 71.8 Å². The number of benzene rings is 3. The van der Waals surface area contributed by atoms with E-state index in [-0.39, 0.29) is 10.6 Å². The lowest BCUT2D eigenvalue weighted by molar-refractivity contribution is -0.120. The summed E-state index contributed by atoms with van der Waals surface area (Å²) in [6.07, 6.45) is 0. The molecule has 9 nitrogen and oxygen atoms in total. The molecule has 0 aliphatic heterocycles. The number of rotatable bonds is 11. The van der Waals surface area contributed by atoms with E-state index in [1.807, 2.05) is 6.92 Å². The molecule has 0 saturated heterocycles. The highest BCUT2D eigenvalue weighted by Gasteiger charge is 2.28. The molecule has 0 spiro atoms. The zero-order chi connectivity index (χ0) is 27.2. The minimum atomic E-state index is -4.09. The normalized spacial score (nSPS) is 11.8. The van der Waals surface area contributed by atoms with Crippen LogP contribution in [0.25, 0.3) is 0 Å². The lowest BCUT2D eigenvalue weighted by atomic mass is 10.1. The Morgan fingerprint density at radius 1 is 0.811 bits per heavy atom. The van der Waals surface area contributed by atoms with Crippen LogP contribution in [0.2, 0.25) is 0 Å². The van der Waals surface area contributed by atoms with Crippen LogP contribution >= 0.6 is 0 Å². The summed E-state index contributed by atoms with van der Waals surface area (Å²) in [4.78, 5) is 13.2.